The molecule has 0 saturated heterocycles. The highest BCUT2D eigenvalue weighted by Gasteiger charge is 2.24. The fourth-order valence-corrected chi connectivity index (χ4v) is 1.15. The number of carboxylic acid groups (broad SMARTS) is 1. The average molecular weight is 226 g/mol. The number of rotatable bonds is 5. The minimum Gasteiger partial charge on any atom is -0.475 e. The van der Waals surface area contributed by atoms with Gasteiger partial charge in [-0.25, -0.2) is 4.79 Å². The number of methoxy groups -OCH3 is 1. The van der Waals surface area contributed by atoms with Crippen LogP contribution in [0, 0.1) is 0 Å². The molecule has 5 heteroatoms. The number of aromatic carboxylic acids is 1. The second kappa shape index (κ2) is 4.49. The standard InChI is InChI=1S/C11H14O5/c1-11(2,15-3)6-7(12)8-4-5-9(16-8)10(13)14/h4-5H,6H2,1-3H3,(H,13,14). The zero-order valence-corrected chi connectivity index (χ0v) is 9.44. The van der Waals surface area contributed by atoms with E-state index in [2.05, 4.69) is 0 Å². The Bertz CT molecular complexity index is 402. The largest absolute Gasteiger partial charge is 0.475 e. The Morgan fingerprint density at radius 2 is 1.94 bits per heavy atom. The van der Waals surface area contributed by atoms with Crippen molar-refractivity contribution < 1.29 is 23.8 Å². The van der Waals surface area contributed by atoms with E-state index in [1.54, 1.807) is 13.8 Å². The SMILES string of the molecule is COC(C)(C)CC(=O)c1ccc(C(=O)O)o1. The predicted octanol–water partition coefficient (Wildman–Crippen LogP) is 1.98. The molecular weight excluding hydrogens is 212 g/mol. The van der Waals surface area contributed by atoms with E-state index in [9.17, 15) is 9.59 Å². The van der Waals surface area contributed by atoms with Gasteiger partial charge in [-0.05, 0) is 26.0 Å². The molecule has 0 unspecified atom stereocenters. The summed E-state index contributed by atoms with van der Waals surface area (Å²) in [5, 5.41) is 8.63. The number of hydrogen-bond donors (Lipinski definition) is 1. The van der Waals surface area contributed by atoms with Crippen molar-refractivity contribution in [1.82, 2.24) is 0 Å². The van der Waals surface area contributed by atoms with E-state index in [0.29, 0.717) is 0 Å². The maximum atomic E-state index is 11.7. The van der Waals surface area contributed by atoms with Crippen LogP contribution in [-0.4, -0.2) is 29.6 Å². The van der Waals surface area contributed by atoms with Gasteiger partial charge in [-0.2, -0.15) is 0 Å². The number of carboxylic acids is 1. The Hall–Kier alpha value is -1.62. The van der Waals surface area contributed by atoms with Gasteiger partial charge in [-0.3, -0.25) is 4.79 Å². The van der Waals surface area contributed by atoms with E-state index in [1.807, 2.05) is 0 Å². The first-order valence-electron chi connectivity index (χ1n) is 4.77. The Morgan fingerprint density at radius 3 is 2.38 bits per heavy atom. The zero-order valence-electron chi connectivity index (χ0n) is 9.44. The van der Waals surface area contributed by atoms with Crippen molar-refractivity contribution >= 4 is 11.8 Å². The maximum Gasteiger partial charge on any atom is 0.371 e. The Labute approximate surface area is 93.0 Å². The second-order valence-corrected chi connectivity index (χ2v) is 4.03. The van der Waals surface area contributed by atoms with Crippen molar-refractivity contribution in [3.63, 3.8) is 0 Å². The number of carbonyl (C=O) groups is 2. The first-order chi connectivity index (χ1) is 7.35. The van der Waals surface area contributed by atoms with Gasteiger partial charge < -0.3 is 14.3 Å². The molecule has 5 nitrogen and oxygen atoms in total. The molecule has 0 aliphatic rings. The molecule has 0 aliphatic carbocycles. The minimum absolute atomic E-state index is 0.0440. The van der Waals surface area contributed by atoms with Crippen molar-refractivity contribution in [2.75, 3.05) is 7.11 Å². The van der Waals surface area contributed by atoms with E-state index in [1.165, 1.54) is 19.2 Å². The van der Waals surface area contributed by atoms with Crippen LogP contribution < -0.4 is 0 Å². The van der Waals surface area contributed by atoms with Crippen molar-refractivity contribution in [2.45, 2.75) is 25.9 Å². The molecule has 0 radical (unpaired) electrons. The van der Waals surface area contributed by atoms with Crippen LogP contribution >= 0.6 is 0 Å². The van der Waals surface area contributed by atoms with Gasteiger partial charge in [0.2, 0.25) is 11.5 Å². The Balaban J connectivity index is 2.77. The molecule has 0 fully saturated rings. The van der Waals surface area contributed by atoms with Gasteiger partial charge in [-0.1, -0.05) is 0 Å². The first kappa shape index (κ1) is 12.4. The summed E-state index contributed by atoms with van der Waals surface area (Å²) in [5.74, 6) is -1.66. The number of hydrogen-bond acceptors (Lipinski definition) is 4. The molecule has 0 bridgehead atoms. The molecule has 0 amide bonds. The van der Waals surface area contributed by atoms with Crippen LogP contribution in [0.3, 0.4) is 0 Å². The lowest BCUT2D eigenvalue weighted by Crippen LogP contribution is -2.26. The van der Waals surface area contributed by atoms with E-state index in [4.69, 9.17) is 14.3 Å². The van der Waals surface area contributed by atoms with Crippen LogP contribution in [-0.2, 0) is 4.74 Å². The van der Waals surface area contributed by atoms with E-state index in [0.717, 1.165) is 0 Å². The Morgan fingerprint density at radius 1 is 1.38 bits per heavy atom. The molecular formula is C11H14O5. The number of ketones is 1. The third kappa shape index (κ3) is 2.93. The first-order valence-corrected chi connectivity index (χ1v) is 4.77. The molecule has 0 saturated carbocycles. The van der Waals surface area contributed by atoms with Gasteiger partial charge in [-0.15, -0.1) is 0 Å². The van der Waals surface area contributed by atoms with Crippen LogP contribution in [0.4, 0.5) is 0 Å². The van der Waals surface area contributed by atoms with Crippen molar-refractivity contribution in [2.24, 2.45) is 0 Å². The van der Waals surface area contributed by atoms with Gasteiger partial charge in [0.05, 0.1) is 5.60 Å². The minimum atomic E-state index is -1.19. The smallest absolute Gasteiger partial charge is 0.371 e. The fourth-order valence-electron chi connectivity index (χ4n) is 1.15. The molecule has 0 aliphatic heterocycles. The van der Waals surface area contributed by atoms with Crippen molar-refractivity contribution in [3.8, 4) is 0 Å². The quantitative estimate of drug-likeness (QED) is 0.777. The van der Waals surface area contributed by atoms with Crippen LogP contribution in [0.5, 0.6) is 0 Å². The molecule has 1 N–H and O–H groups in total. The monoisotopic (exact) mass is 226 g/mol. The summed E-state index contributed by atoms with van der Waals surface area (Å²) in [4.78, 5) is 22.2. The van der Waals surface area contributed by atoms with Gasteiger partial charge in [0.1, 0.15) is 0 Å². The highest BCUT2D eigenvalue weighted by Crippen LogP contribution is 2.18. The van der Waals surface area contributed by atoms with Gasteiger partial charge >= 0.3 is 5.97 Å². The van der Waals surface area contributed by atoms with Crippen LogP contribution in [0.25, 0.3) is 0 Å². The lowest BCUT2D eigenvalue weighted by Gasteiger charge is -2.20. The second-order valence-electron chi connectivity index (χ2n) is 4.03. The number of ether oxygens (including phenoxy) is 1. The molecule has 0 atom stereocenters. The molecule has 1 aromatic heterocycles. The van der Waals surface area contributed by atoms with Crippen LogP contribution in [0.2, 0.25) is 0 Å². The zero-order chi connectivity index (χ0) is 12.3. The van der Waals surface area contributed by atoms with Crippen LogP contribution in [0.15, 0.2) is 16.5 Å². The van der Waals surface area contributed by atoms with Gasteiger partial charge in [0, 0.05) is 13.5 Å². The third-order valence-electron chi connectivity index (χ3n) is 2.23. The number of carbonyl (C=O) groups excluding carboxylic acids is 1. The average Bonchev–Trinajstić information content (AvgIpc) is 2.66. The number of Topliss-reactive ketones (excluding diaryl/α,β-unsaturated/α-hetero) is 1. The summed E-state index contributed by atoms with van der Waals surface area (Å²) in [5.41, 5.74) is -0.590. The lowest BCUT2D eigenvalue weighted by atomic mass is 10.0. The highest BCUT2D eigenvalue weighted by atomic mass is 16.5. The van der Waals surface area contributed by atoms with Crippen molar-refractivity contribution in [3.05, 3.63) is 23.7 Å². The summed E-state index contributed by atoms with van der Waals surface area (Å²) in [6.07, 6.45) is 0.135. The third-order valence-corrected chi connectivity index (χ3v) is 2.23. The van der Waals surface area contributed by atoms with E-state index in [-0.39, 0.29) is 23.7 Å². The van der Waals surface area contributed by atoms with Gasteiger partial charge in [0.25, 0.3) is 0 Å². The normalized spacial score (nSPS) is 11.4. The molecule has 16 heavy (non-hydrogen) atoms. The predicted molar refractivity (Wildman–Crippen MR) is 55.7 cm³/mol. The molecule has 0 aromatic carbocycles. The lowest BCUT2D eigenvalue weighted by molar-refractivity contribution is 0.0164. The van der Waals surface area contributed by atoms with Crippen molar-refractivity contribution in [1.29, 1.82) is 0 Å². The molecule has 88 valence electrons. The molecule has 1 aromatic rings. The molecule has 1 heterocycles. The Kier molecular flexibility index (Phi) is 3.49. The topological polar surface area (TPSA) is 76.7 Å². The van der Waals surface area contributed by atoms with Crippen LogP contribution in [0.1, 0.15) is 41.4 Å². The summed E-state index contributed by atoms with van der Waals surface area (Å²) >= 11 is 0. The highest BCUT2D eigenvalue weighted by molar-refractivity contribution is 5.95. The fraction of sp³-hybridized carbons (Fsp3) is 0.455. The van der Waals surface area contributed by atoms with E-state index < -0.39 is 11.6 Å². The van der Waals surface area contributed by atoms with E-state index >= 15 is 0 Å². The number of furan rings is 1. The summed E-state index contributed by atoms with van der Waals surface area (Å²) in [6.45, 7) is 3.54. The summed E-state index contributed by atoms with van der Waals surface area (Å²) in [7, 11) is 1.51. The summed E-state index contributed by atoms with van der Waals surface area (Å²) < 4.78 is 10.00. The molecule has 1 rings (SSSR count). The summed E-state index contributed by atoms with van der Waals surface area (Å²) in [6, 6.07) is 2.62. The maximum absolute atomic E-state index is 11.7. The van der Waals surface area contributed by atoms with Gasteiger partial charge in [0.15, 0.2) is 5.76 Å². The molecule has 0 spiro atoms.